The molecule has 0 radical (unpaired) electrons. The summed E-state index contributed by atoms with van der Waals surface area (Å²) < 4.78 is 0. The van der Waals surface area contributed by atoms with Crippen molar-refractivity contribution in [2.45, 2.75) is 38.4 Å². The fourth-order valence-corrected chi connectivity index (χ4v) is 2.45. The highest BCUT2D eigenvalue weighted by molar-refractivity contribution is 7.99. The lowest BCUT2D eigenvalue weighted by Gasteiger charge is -2.14. The van der Waals surface area contributed by atoms with Crippen LogP contribution in [-0.2, 0) is 0 Å². The van der Waals surface area contributed by atoms with Crippen molar-refractivity contribution in [3.63, 3.8) is 0 Å². The van der Waals surface area contributed by atoms with E-state index in [0.29, 0.717) is 0 Å². The topological polar surface area (TPSA) is 58.0 Å². The molecule has 1 aromatic heterocycles. The monoisotopic (exact) mass is 255 g/mol. The highest BCUT2D eigenvalue weighted by Gasteiger charge is 2.08. The number of hydrogen-bond donors (Lipinski definition) is 2. The van der Waals surface area contributed by atoms with Crippen molar-refractivity contribution in [2.24, 2.45) is 0 Å². The maximum Gasteiger partial charge on any atom is 0.188 e. The summed E-state index contributed by atoms with van der Waals surface area (Å²) in [5.74, 6) is 0.791. The summed E-state index contributed by atoms with van der Waals surface area (Å²) in [6, 6.07) is 2.08. The van der Waals surface area contributed by atoms with Gasteiger partial charge in [0.2, 0.25) is 0 Å². The van der Waals surface area contributed by atoms with Gasteiger partial charge in [0.05, 0.1) is 6.61 Å². The largest absolute Gasteiger partial charge is 0.395 e. The molecular weight excluding hydrogens is 234 g/mol. The van der Waals surface area contributed by atoms with Crippen LogP contribution in [0.1, 0.15) is 24.7 Å². The number of rotatable bonds is 7. The molecule has 2 N–H and O–H groups in total. The van der Waals surface area contributed by atoms with Gasteiger partial charge in [0.1, 0.15) is 0 Å². The first-order chi connectivity index (χ1) is 8.15. The number of aliphatic hydroxyl groups excluding tert-OH is 1. The molecule has 1 unspecified atom stereocenters. The van der Waals surface area contributed by atoms with Crippen molar-refractivity contribution in [2.75, 3.05) is 18.9 Å². The minimum absolute atomic E-state index is 0.115. The van der Waals surface area contributed by atoms with Gasteiger partial charge in [-0.1, -0.05) is 18.7 Å². The van der Waals surface area contributed by atoms with E-state index >= 15 is 0 Å². The highest BCUT2D eigenvalue weighted by Crippen LogP contribution is 2.15. The van der Waals surface area contributed by atoms with E-state index < -0.39 is 0 Å². The molecule has 4 nitrogen and oxygen atoms in total. The molecule has 0 aliphatic rings. The summed E-state index contributed by atoms with van der Waals surface area (Å²) in [5.41, 5.74) is 1.98. The summed E-state index contributed by atoms with van der Waals surface area (Å²) >= 11 is 1.59. The molecule has 0 aliphatic carbocycles. The fourth-order valence-electron chi connectivity index (χ4n) is 1.46. The van der Waals surface area contributed by atoms with Gasteiger partial charge in [-0.05, 0) is 32.9 Å². The number of nitrogens with zero attached hydrogens (tertiary/aromatic N) is 2. The summed E-state index contributed by atoms with van der Waals surface area (Å²) in [6.45, 7) is 7.13. The van der Waals surface area contributed by atoms with Gasteiger partial charge in [-0.15, -0.1) is 0 Å². The third kappa shape index (κ3) is 5.48. The van der Waals surface area contributed by atoms with Gasteiger partial charge in [-0.25, -0.2) is 9.97 Å². The van der Waals surface area contributed by atoms with E-state index in [2.05, 4.69) is 22.2 Å². The van der Waals surface area contributed by atoms with Crippen LogP contribution in [0.5, 0.6) is 0 Å². The Balaban J connectivity index is 2.47. The van der Waals surface area contributed by atoms with Crippen molar-refractivity contribution < 1.29 is 5.11 Å². The maximum atomic E-state index is 9.22. The van der Waals surface area contributed by atoms with Crippen molar-refractivity contribution in [3.05, 3.63) is 17.5 Å². The van der Waals surface area contributed by atoms with Crippen molar-refractivity contribution in [1.82, 2.24) is 15.3 Å². The molecule has 0 saturated carbocycles. The molecule has 96 valence electrons. The summed E-state index contributed by atoms with van der Waals surface area (Å²) in [4.78, 5) is 8.73. The van der Waals surface area contributed by atoms with Gasteiger partial charge >= 0.3 is 0 Å². The van der Waals surface area contributed by atoms with Crippen molar-refractivity contribution in [3.8, 4) is 0 Å². The maximum absolute atomic E-state index is 9.22. The first-order valence-electron chi connectivity index (χ1n) is 5.95. The zero-order valence-corrected chi connectivity index (χ0v) is 11.5. The second-order valence-corrected chi connectivity index (χ2v) is 5.07. The molecule has 0 bridgehead atoms. The van der Waals surface area contributed by atoms with Crippen LogP contribution in [0.3, 0.4) is 0 Å². The number of thioether (sulfide) groups is 1. The Hall–Kier alpha value is -0.650. The smallest absolute Gasteiger partial charge is 0.188 e. The third-order valence-electron chi connectivity index (χ3n) is 2.28. The predicted molar refractivity (Wildman–Crippen MR) is 71.4 cm³/mol. The molecule has 5 heteroatoms. The molecule has 0 amide bonds. The number of aromatic nitrogens is 2. The molecule has 0 aromatic carbocycles. The average Bonchev–Trinajstić information content (AvgIpc) is 2.28. The van der Waals surface area contributed by atoms with E-state index in [1.54, 1.807) is 11.8 Å². The molecule has 0 saturated heterocycles. The van der Waals surface area contributed by atoms with Crippen LogP contribution in [0, 0.1) is 13.8 Å². The van der Waals surface area contributed by atoms with Crippen molar-refractivity contribution in [1.29, 1.82) is 0 Å². The van der Waals surface area contributed by atoms with E-state index in [1.165, 1.54) is 0 Å². The Kier molecular flexibility index (Phi) is 6.47. The Bertz CT molecular complexity index is 326. The second-order valence-electron chi connectivity index (χ2n) is 4.08. The van der Waals surface area contributed by atoms with E-state index in [1.807, 2.05) is 19.9 Å². The Morgan fingerprint density at radius 1 is 1.35 bits per heavy atom. The zero-order valence-electron chi connectivity index (χ0n) is 10.7. The van der Waals surface area contributed by atoms with Gasteiger partial charge in [-0.3, -0.25) is 0 Å². The minimum Gasteiger partial charge on any atom is -0.395 e. The van der Waals surface area contributed by atoms with Crippen molar-refractivity contribution >= 4 is 11.8 Å². The van der Waals surface area contributed by atoms with Crippen LogP contribution in [0.2, 0.25) is 0 Å². The first-order valence-corrected chi connectivity index (χ1v) is 6.93. The van der Waals surface area contributed by atoms with Gasteiger partial charge in [-0.2, -0.15) is 0 Å². The zero-order chi connectivity index (χ0) is 12.7. The summed E-state index contributed by atoms with van der Waals surface area (Å²) in [5, 5.41) is 13.3. The molecule has 0 fully saturated rings. The minimum atomic E-state index is 0.115. The third-order valence-corrected chi connectivity index (χ3v) is 3.29. The molecular formula is C12H21N3OS. The molecule has 1 atom stereocenters. The van der Waals surface area contributed by atoms with Crippen LogP contribution in [0.4, 0.5) is 0 Å². The van der Waals surface area contributed by atoms with Crippen LogP contribution in [0.15, 0.2) is 11.2 Å². The van der Waals surface area contributed by atoms with Gasteiger partial charge < -0.3 is 10.4 Å². The molecule has 0 aliphatic heterocycles. The van der Waals surface area contributed by atoms with Crippen LogP contribution in [-0.4, -0.2) is 40.0 Å². The molecule has 1 rings (SSSR count). The predicted octanol–water partition coefficient (Wildman–Crippen LogP) is 1.55. The number of aliphatic hydroxyl groups is 1. The first kappa shape index (κ1) is 14.4. The summed E-state index contributed by atoms with van der Waals surface area (Å²) in [7, 11) is 0. The fraction of sp³-hybridized carbons (Fsp3) is 0.667. The van der Waals surface area contributed by atoms with Gasteiger partial charge in [0.25, 0.3) is 0 Å². The lowest BCUT2D eigenvalue weighted by Crippen LogP contribution is -2.35. The lowest BCUT2D eigenvalue weighted by atomic mass is 10.3. The van der Waals surface area contributed by atoms with E-state index in [0.717, 1.165) is 35.3 Å². The Labute approximate surface area is 107 Å². The highest BCUT2D eigenvalue weighted by atomic mass is 32.2. The standard InChI is InChI=1S/C12H21N3OS/c1-4-5-13-11(7-16)8-17-12-14-9(2)6-10(3)15-12/h6,11,13,16H,4-5,7-8H2,1-3H3. The van der Waals surface area contributed by atoms with E-state index in [-0.39, 0.29) is 12.6 Å². The summed E-state index contributed by atoms with van der Waals surface area (Å²) in [6.07, 6.45) is 1.07. The van der Waals surface area contributed by atoms with Gasteiger partial charge in [0.15, 0.2) is 5.16 Å². The quantitative estimate of drug-likeness (QED) is 0.572. The molecule has 0 spiro atoms. The van der Waals surface area contributed by atoms with Crippen LogP contribution >= 0.6 is 11.8 Å². The lowest BCUT2D eigenvalue weighted by molar-refractivity contribution is 0.254. The van der Waals surface area contributed by atoms with E-state index in [9.17, 15) is 5.11 Å². The van der Waals surface area contributed by atoms with Crippen LogP contribution < -0.4 is 5.32 Å². The normalized spacial score (nSPS) is 12.7. The molecule has 17 heavy (non-hydrogen) atoms. The van der Waals surface area contributed by atoms with Crippen LogP contribution in [0.25, 0.3) is 0 Å². The van der Waals surface area contributed by atoms with Gasteiger partial charge in [0, 0.05) is 23.2 Å². The molecule has 1 heterocycles. The van der Waals surface area contributed by atoms with E-state index in [4.69, 9.17) is 0 Å². The Morgan fingerprint density at radius 2 is 2.00 bits per heavy atom. The second kappa shape index (κ2) is 7.63. The number of aryl methyl sites for hydroxylation is 2. The number of nitrogens with one attached hydrogen (secondary N) is 1. The SMILES string of the molecule is CCCNC(CO)CSc1nc(C)cc(C)n1. The average molecular weight is 255 g/mol. The molecule has 1 aromatic rings. The Morgan fingerprint density at radius 3 is 2.53 bits per heavy atom. The number of hydrogen-bond acceptors (Lipinski definition) is 5.